The predicted molar refractivity (Wildman–Crippen MR) is 68.5 cm³/mol. The highest BCUT2D eigenvalue weighted by molar-refractivity contribution is 4.82. The molecule has 1 heterocycles. The summed E-state index contributed by atoms with van der Waals surface area (Å²) in [5.74, 6) is 1.44. The molecule has 1 aliphatic rings. The minimum absolute atomic E-state index is 0.683. The van der Waals surface area contributed by atoms with E-state index in [-0.39, 0.29) is 0 Å². The molecule has 2 N–H and O–H groups in total. The average molecular weight is 228 g/mol. The number of nitrogens with zero attached hydrogens (tertiary/aromatic N) is 1. The van der Waals surface area contributed by atoms with Gasteiger partial charge in [0.2, 0.25) is 0 Å². The fraction of sp³-hybridized carbons (Fsp3) is 1.00. The van der Waals surface area contributed by atoms with Gasteiger partial charge in [0.05, 0.1) is 6.61 Å². The van der Waals surface area contributed by atoms with Crippen molar-refractivity contribution in [1.82, 2.24) is 4.90 Å². The summed E-state index contributed by atoms with van der Waals surface area (Å²) in [7, 11) is 0. The summed E-state index contributed by atoms with van der Waals surface area (Å²) in [6.45, 7) is 11.6. The molecule has 0 radical (unpaired) electrons. The van der Waals surface area contributed by atoms with Gasteiger partial charge in [0, 0.05) is 25.7 Å². The van der Waals surface area contributed by atoms with Crippen molar-refractivity contribution < 1.29 is 4.74 Å². The van der Waals surface area contributed by atoms with Crippen LogP contribution in [0.25, 0.3) is 0 Å². The van der Waals surface area contributed by atoms with Gasteiger partial charge in [0.25, 0.3) is 0 Å². The Morgan fingerprint density at radius 1 is 1.38 bits per heavy atom. The Hall–Kier alpha value is -0.120. The molecule has 1 saturated heterocycles. The van der Waals surface area contributed by atoms with Crippen LogP contribution in [-0.4, -0.2) is 43.8 Å². The van der Waals surface area contributed by atoms with Crippen LogP contribution in [0.1, 0.15) is 33.6 Å². The Balaban J connectivity index is 2.05. The minimum Gasteiger partial charge on any atom is -0.380 e. The number of rotatable bonds is 7. The number of ether oxygens (including phenoxy) is 1. The second-order valence-electron chi connectivity index (χ2n) is 5.48. The summed E-state index contributed by atoms with van der Waals surface area (Å²) in [6.07, 6.45) is 2.42. The lowest BCUT2D eigenvalue weighted by Crippen LogP contribution is -2.31. The van der Waals surface area contributed by atoms with E-state index in [2.05, 4.69) is 25.7 Å². The van der Waals surface area contributed by atoms with Crippen LogP contribution >= 0.6 is 0 Å². The fourth-order valence-corrected chi connectivity index (χ4v) is 2.30. The first-order valence-corrected chi connectivity index (χ1v) is 6.65. The van der Waals surface area contributed by atoms with E-state index in [1.54, 1.807) is 0 Å². The lowest BCUT2D eigenvalue weighted by Gasteiger charge is -2.20. The van der Waals surface area contributed by atoms with Gasteiger partial charge < -0.3 is 10.5 Å². The highest BCUT2D eigenvalue weighted by Gasteiger charge is 2.27. The van der Waals surface area contributed by atoms with E-state index in [1.165, 1.54) is 12.8 Å². The van der Waals surface area contributed by atoms with Gasteiger partial charge in [-0.2, -0.15) is 0 Å². The zero-order chi connectivity index (χ0) is 12.0. The van der Waals surface area contributed by atoms with Gasteiger partial charge in [-0.05, 0) is 38.1 Å². The lowest BCUT2D eigenvalue weighted by molar-refractivity contribution is 0.0936. The molecular weight excluding hydrogens is 200 g/mol. The molecule has 0 aromatic rings. The van der Waals surface area contributed by atoms with E-state index < -0.39 is 0 Å². The van der Waals surface area contributed by atoms with Crippen LogP contribution in [0.4, 0.5) is 0 Å². The van der Waals surface area contributed by atoms with Crippen LogP contribution < -0.4 is 5.73 Å². The van der Waals surface area contributed by atoms with Crippen LogP contribution in [0.15, 0.2) is 0 Å². The van der Waals surface area contributed by atoms with Crippen molar-refractivity contribution in [1.29, 1.82) is 0 Å². The van der Waals surface area contributed by atoms with Crippen LogP contribution in [0.3, 0.4) is 0 Å². The van der Waals surface area contributed by atoms with Crippen molar-refractivity contribution in [3.05, 3.63) is 0 Å². The second-order valence-corrected chi connectivity index (χ2v) is 5.48. The van der Waals surface area contributed by atoms with Crippen molar-refractivity contribution in [2.75, 3.05) is 32.8 Å². The van der Waals surface area contributed by atoms with Gasteiger partial charge in [0.15, 0.2) is 0 Å². The standard InChI is InChI=1S/C13H28N2O/c1-11(2)4-6-16-7-5-15-10-13(9-14)8-12(15)3/h11-13H,4-10,14H2,1-3H3. The van der Waals surface area contributed by atoms with Crippen LogP contribution in [0, 0.1) is 11.8 Å². The van der Waals surface area contributed by atoms with Crippen molar-refractivity contribution in [3.63, 3.8) is 0 Å². The van der Waals surface area contributed by atoms with E-state index in [1.807, 2.05) is 0 Å². The van der Waals surface area contributed by atoms with Gasteiger partial charge in [-0.3, -0.25) is 4.90 Å². The Morgan fingerprint density at radius 3 is 2.69 bits per heavy atom. The van der Waals surface area contributed by atoms with Crippen LogP contribution in [0.5, 0.6) is 0 Å². The predicted octanol–water partition coefficient (Wildman–Crippen LogP) is 1.72. The molecular formula is C13H28N2O. The average Bonchev–Trinajstić information content (AvgIpc) is 2.59. The third-order valence-corrected chi connectivity index (χ3v) is 3.49. The molecule has 3 heteroatoms. The molecule has 0 spiro atoms. The molecule has 0 bridgehead atoms. The number of hydrogen-bond acceptors (Lipinski definition) is 3. The normalized spacial score (nSPS) is 26.8. The number of hydrogen-bond donors (Lipinski definition) is 1. The minimum atomic E-state index is 0.683. The Morgan fingerprint density at radius 2 is 2.12 bits per heavy atom. The number of likely N-dealkylation sites (tertiary alicyclic amines) is 1. The second kappa shape index (κ2) is 7.25. The molecule has 1 aliphatic heterocycles. The zero-order valence-electron chi connectivity index (χ0n) is 11.1. The van der Waals surface area contributed by atoms with E-state index in [0.717, 1.165) is 38.8 Å². The summed E-state index contributed by atoms with van der Waals surface area (Å²) in [6, 6.07) is 0.683. The molecule has 0 aromatic heterocycles. The zero-order valence-corrected chi connectivity index (χ0v) is 11.1. The highest BCUT2D eigenvalue weighted by Crippen LogP contribution is 2.21. The molecule has 2 unspecified atom stereocenters. The monoisotopic (exact) mass is 228 g/mol. The van der Waals surface area contributed by atoms with Crippen LogP contribution in [0.2, 0.25) is 0 Å². The van der Waals surface area contributed by atoms with E-state index >= 15 is 0 Å². The first-order valence-electron chi connectivity index (χ1n) is 6.65. The maximum atomic E-state index is 5.71. The first-order chi connectivity index (χ1) is 7.63. The Bertz CT molecular complexity index is 185. The fourth-order valence-electron chi connectivity index (χ4n) is 2.30. The highest BCUT2D eigenvalue weighted by atomic mass is 16.5. The number of nitrogens with two attached hydrogens (primary N) is 1. The molecule has 0 aliphatic carbocycles. The largest absolute Gasteiger partial charge is 0.380 e. The molecule has 0 saturated carbocycles. The van der Waals surface area contributed by atoms with E-state index in [9.17, 15) is 0 Å². The summed E-state index contributed by atoms with van der Waals surface area (Å²) in [4.78, 5) is 2.51. The van der Waals surface area contributed by atoms with Gasteiger partial charge in [-0.25, -0.2) is 0 Å². The van der Waals surface area contributed by atoms with Gasteiger partial charge in [0.1, 0.15) is 0 Å². The summed E-state index contributed by atoms with van der Waals surface area (Å²) >= 11 is 0. The van der Waals surface area contributed by atoms with Gasteiger partial charge in [-0.15, -0.1) is 0 Å². The summed E-state index contributed by atoms with van der Waals surface area (Å²) in [5.41, 5.74) is 5.71. The summed E-state index contributed by atoms with van der Waals surface area (Å²) < 4.78 is 5.65. The van der Waals surface area contributed by atoms with Crippen molar-refractivity contribution in [2.24, 2.45) is 17.6 Å². The molecule has 0 aromatic carbocycles. The third kappa shape index (κ3) is 4.81. The molecule has 1 fully saturated rings. The quantitative estimate of drug-likeness (QED) is 0.674. The molecule has 16 heavy (non-hydrogen) atoms. The van der Waals surface area contributed by atoms with Crippen molar-refractivity contribution in [2.45, 2.75) is 39.7 Å². The van der Waals surface area contributed by atoms with Crippen LogP contribution in [-0.2, 0) is 4.74 Å². The van der Waals surface area contributed by atoms with E-state index in [4.69, 9.17) is 10.5 Å². The van der Waals surface area contributed by atoms with Crippen molar-refractivity contribution in [3.8, 4) is 0 Å². The topological polar surface area (TPSA) is 38.5 Å². The van der Waals surface area contributed by atoms with Gasteiger partial charge in [-0.1, -0.05) is 13.8 Å². The van der Waals surface area contributed by atoms with E-state index in [0.29, 0.717) is 12.0 Å². The Kier molecular flexibility index (Phi) is 6.32. The maximum absolute atomic E-state index is 5.71. The van der Waals surface area contributed by atoms with Gasteiger partial charge >= 0.3 is 0 Å². The molecule has 96 valence electrons. The molecule has 3 nitrogen and oxygen atoms in total. The maximum Gasteiger partial charge on any atom is 0.0593 e. The molecule has 1 rings (SSSR count). The summed E-state index contributed by atoms with van der Waals surface area (Å²) in [5, 5.41) is 0. The molecule has 2 atom stereocenters. The smallest absolute Gasteiger partial charge is 0.0593 e. The first kappa shape index (κ1) is 13.9. The third-order valence-electron chi connectivity index (χ3n) is 3.49. The Labute approximate surface area is 100 Å². The lowest BCUT2D eigenvalue weighted by atomic mass is 10.1. The SMILES string of the molecule is CC(C)CCOCCN1CC(CN)CC1C. The van der Waals surface area contributed by atoms with Crippen molar-refractivity contribution >= 4 is 0 Å². The molecule has 0 amide bonds.